The zero-order valence-corrected chi connectivity index (χ0v) is 8.52. The molecule has 0 amide bonds. The predicted octanol–water partition coefficient (Wildman–Crippen LogP) is 2.28. The molecule has 0 N–H and O–H groups in total. The number of hydrogen-bond acceptors (Lipinski definition) is 0. The van der Waals surface area contributed by atoms with Crippen LogP contribution in [0.3, 0.4) is 0 Å². The molecule has 10 heavy (non-hydrogen) atoms. The van der Waals surface area contributed by atoms with Gasteiger partial charge in [0.2, 0.25) is 0 Å². The maximum absolute atomic E-state index is 2.26. The van der Waals surface area contributed by atoms with E-state index in [0.717, 1.165) is 0 Å². The van der Waals surface area contributed by atoms with Crippen molar-refractivity contribution in [2.45, 2.75) is 25.7 Å². The second-order valence-electron chi connectivity index (χ2n) is 2.78. The van der Waals surface area contributed by atoms with Crippen molar-refractivity contribution in [3.63, 3.8) is 0 Å². The van der Waals surface area contributed by atoms with Gasteiger partial charge in [-0.1, -0.05) is 25.7 Å². The summed E-state index contributed by atoms with van der Waals surface area (Å²) >= 11 is 0. The largest absolute Gasteiger partial charge is 4.00 e. The first-order valence-corrected chi connectivity index (χ1v) is 3.70. The zero-order valence-electron chi connectivity index (χ0n) is 6.06. The van der Waals surface area contributed by atoms with Gasteiger partial charge in [-0.15, -0.1) is 0 Å². The molecule has 1 aromatic rings. The fraction of sp³-hybridized carbons (Fsp3) is 0.444. The normalized spacial score (nSPS) is 15.6. The van der Waals surface area contributed by atoms with E-state index in [1.165, 1.54) is 25.7 Å². The molecule has 0 aliphatic heterocycles. The third-order valence-electron chi connectivity index (χ3n) is 2.15. The molecule has 0 atom stereocenters. The molecule has 0 radical (unpaired) electrons. The van der Waals surface area contributed by atoms with E-state index >= 15 is 0 Å². The van der Waals surface area contributed by atoms with Gasteiger partial charge >= 0.3 is 26.2 Å². The summed E-state index contributed by atoms with van der Waals surface area (Å²) in [6.07, 6.45) is 5.44. The molecule has 0 unspecified atom stereocenters. The Morgan fingerprint density at radius 1 is 1.20 bits per heavy atom. The fourth-order valence-corrected chi connectivity index (χ4v) is 1.61. The Morgan fingerprint density at radius 3 is 2.80 bits per heavy atom. The number of rotatable bonds is 0. The molecule has 0 aromatic heterocycles. The number of fused-ring (bicyclic) bond motifs is 1. The molecule has 0 nitrogen and oxygen atoms in total. The average molecular weight is 210 g/mol. The SMILES string of the molecule is [Zr+4].c1cc2c([cH-]1)CCCC2. The van der Waals surface area contributed by atoms with Crippen molar-refractivity contribution in [3.05, 3.63) is 29.3 Å². The molecular weight excluding hydrogens is 199 g/mol. The van der Waals surface area contributed by atoms with Gasteiger partial charge < -0.3 is 0 Å². The van der Waals surface area contributed by atoms with Gasteiger partial charge in [0.1, 0.15) is 0 Å². The zero-order chi connectivity index (χ0) is 6.10. The fourth-order valence-electron chi connectivity index (χ4n) is 1.61. The first-order chi connectivity index (χ1) is 4.47. The van der Waals surface area contributed by atoms with E-state index in [9.17, 15) is 0 Å². The van der Waals surface area contributed by atoms with Crippen molar-refractivity contribution in [2.75, 3.05) is 0 Å². The Morgan fingerprint density at radius 2 is 2.00 bits per heavy atom. The van der Waals surface area contributed by atoms with Crippen molar-refractivity contribution in [3.8, 4) is 0 Å². The maximum Gasteiger partial charge on any atom is 4.00 e. The van der Waals surface area contributed by atoms with Gasteiger partial charge in [-0.25, -0.2) is 6.07 Å². The van der Waals surface area contributed by atoms with Crippen LogP contribution in [0.5, 0.6) is 0 Å². The molecule has 2 rings (SSSR count). The summed E-state index contributed by atoms with van der Waals surface area (Å²) in [7, 11) is 0. The van der Waals surface area contributed by atoms with Crippen LogP contribution in [-0.2, 0) is 39.0 Å². The van der Waals surface area contributed by atoms with Gasteiger partial charge in [-0.3, -0.25) is 0 Å². The molecule has 0 fully saturated rings. The van der Waals surface area contributed by atoms with Crippen LogP contribution in [0.4, 0.5) is 0 Å². The third kappa shape index (κ3) is 1.45. The van der Waals surface area contributed by atoms with E-state index in [4.69, 9.17) is 0 Å². The third-order valence-corrected chi connectivity index (χ3v) is 2.15. The minimum Gasteiger partial charge on any atom is -0.210 e. The van der Waals surface area contributed by atoms with Gasteiger partial charge in [0.05, 0.1) is 0 Å². The summed E-state index contributed by atoms with van der Waals surface area (Å²) in [6, 6.07) is 6.69. The van der Waals surface area contributed by atoms with E-state index in [-0.39, 0.29) is 26.2 Å². The summed E-state index contributed by atoms with van der Waals surface area (Å²) < 4.78 is 0. The number of hydrogen-bond donors (Lipinski definition) is 0. The van der Waals surface area contributed by atoms with Crippen molar-refractivity contribution < 1.29 is 26.2 Å². The van der Waals surface area contributed by atoms with Crippen LogP contribution in [0.15, 0.2) is 18.2 Å². The Hall–Kier alpha value is 0.233. The molecule has 0 saturated heterocycles. The van der Waals surface area contributed by atoms with Crippen LogP contribution in [-0.4, -0.2) is 0 Å². The predicted molar refractivity (Wildman–Crippen MR) is 38.7 cm³/mol. The Kier molecular flexibility index (Phi) is 2.98. The van der Waals surface area contributed by atoms with Crippen molar-refractivity contribution in [2.24, 2.45) is 0 Å². The molecule has 1 aromatic carbocycles. The summed E-state index contributed by atoms with van der Waals surface area (Å²) in [6.45, 7) is 0. The summed E-state index contributed by atoms with van der Waals surface area (Å²) in [5, 5.41) is 0. The summed E-state index contributed by atoms with van der Waals surface area (Å²) in [5.74, 6) is 0. The second kappa shape index (κ2) is 3.57. The molecule has 48 valence electrons. The van der Waals surface area contributed by atoms with Crippen LogP contribution in [0, 0.1) is 0 Å². The summed E-state index contributed by atoms with van der Waals surface area (Å²) in [5.41, 5.74) is 3.20. The first-order valence-electron chi connectivity index (χ1n) is 3.70. The van der Waals surface area contributed by atoms with Gasteiger partial charge in [-0.05, 0) is 0 Å². The van der Waals surface area contributed by atoms with Gasteiger partial charge in [0.15, 0.2) is 0 Å². The molecule has 0 bridgehead atoms. The first kappa shape index (κ1) is 8.33. The van der Waals surface area contributed by atoms with Crippen LogP contribution in [0.25, 0.3) is 0 Å². The summed E-state index contributed by atoms with van der Waals surface area (Å²) in [4.78, 5) is 0. The van der Waals surface area contributed by atoms with E-state index in [0.29, 0.717) is 0 Å². The van der Waals surface area contributed by atoms with Gasteiger partial charge in [-0.2, -0.15) is 23.3 Å². The molecule has 0 heterocycles. The van der Waals surface area contributed by atoms with E-state index in [1.807, 2.05) is 0 Å². The van der Waals surface area contributed by atoms with E-state index in [2.05, 4.69) is 18.2 Å². The Bertz CT molecular complexity index is 180. The van der Waals surface area contributed by atoms with Crippen LogP contribution in [0.2, 0.25) is 0 Å². The van der Waals surface area contributed by atoms with Crippen LogP contribution in [0.1, 0.15) is 24.0 Å². The van der Waals surface area contributed by atoms with E-state index in [1.54, 1.807) is 11.1 Å². The van der Waals surface area contributed by atoms with E-state index < -0.39 is 0 Å². The van der Waals surface area contributed by atoms with Crippen molar-refractivity contribution in [1.29, 1.82) is 0 Å². The van der Waals surface area contributed by atoms with Crippen molar-refractivity contribution >= 4 is 0 Å². The minimum absolute atomic E-state index is 0. The molecular formula is C9H11Zr+3. The van der Waals surface area contributed by atoms with Crippen molar-refractivity contribution in [1.82, 2.24) is 0 Å². The van der Waals surface area contributed by atoms with Crippen LogP contribution >= 0.6 is 0 Å². The molecule has 1 aliphatic rings. The average Bonchev–Trinajstić information content (AvgIpc) is 2.33. The smallest absolute Gasteiger partial charge is 0.210 e. The van der Waals surface area contributed by atoms with Gasteiger partial charge in [0, 0.05) is 0 Å². The standard InChI is InChI=1S/C9H11.Zr/c1-2-5-9-7-3-6-8(9)4-1;/h3,6-7H,1-2,4-5H2;/q-1;+4. The number of aryl methyl sites for hydroxylation is 2. The Labute approximate surface area is 81.1 Å². The Balaban J connectivity index is 0.000000500. The minimum atomic E-state index is 0. The maximum atomic E-state index is 2.26. The molecule has 1 heteroatoms. The molecule has 0 spiro atoms. The monoisotopic (exact) mass is 209 g/mol. The second-order valence-corrected chi connectivity index (χ2v) is 2.78. The van der Waals surface area contributed by atoms with Crippen LogP contribution < -0.4 is 0 Å². The molecule has 0 saturated carbocycles. The molecule has 1 aliphatic carbocycles. The van der Waals surface area contributed by atoms with Gasteiger partial charge in [0.25, 0.3) is 0 Å². The topological polar surface area (TPSA) is 0 Å². The quantitative estimate of drug-likeness (QED) is 0.576.